The summed E-state index contributed by atoms with van der Waals surface area (Å²) in [7, 11) is 1.43. The van der Waals surface area contributed by atoms with E-state index in [0.29, 0.717) is 11.3 Å². The normalized spacial score (nSPS) is 17.6. The molecule has 0 aromatic heterocycles. The predicted octanol–water partition coefficient (Wildman–Crippen LogP) is 4.91. The van der Waals surface area contributed by atoms with Gasteiger partial charge in [-0.2, -0.15) is 0 Å². The van der Waals surface area contributed by atoms with Gasteiger partial charge < -0.3 is 9.84 Å². The second kappa shape index (κ2) is 8.26. The lowest BCUT2D eigenvalue weighted by molar-refractivity contribution is -0.132. The van der Waals surface area contributed by atoms with E-state index in [9.17, 15) is 23.5 Å². The van der Waals surface area contributed by atoms with Crippen LogP contribution in [0.4, 0.5) is 14.5 Å². The quantitative estimate of drug-likeness (QED) is 0.359. The fourth-order valence-electron chi connectivity index (χ4n) is 3.81. The number of carbonyl (C=O) groups excluding carboxylic acids is 2. The molecule has 1 fully saturated rings. The molecule has 0 aliphatic carbocycles. The molecular formula is C25H19F2NO4. The van der Waals surface area contributed by atoms with Crippen molar-refractivity contribution in [3.63, 3.8) is 0 Å². The summed E-state index contributed by atoms with van der Waals surface area (Å²) in [5.74, 6) is -2.90. The van der Waals surface area contributed by atoms with Crippen LogP contribution < -0.4 is 9.64 Å². The van der Waals surface area contributed by atoms with Crippen molar-refractivity contribution >= 4 is 23.1 Å². The lowest BCUT2D eigenvalue weighted by Crippen LogP contribution is -2.29. The summed E-state index contributed by atoms with van der Waals surface area (Å²) in [6.45, 7) is 1.81. The number of rotatable bonds is 4. The highest BCUT2D eigenvalue weighted by atomic mass is 19.1. The topological polar surface area (TPSA) is 66.8 Å². The van der Waals surface area contributed by atoms with Gasteiger partial charge >= 0.3 is 0 Å². The molecule has 1 atom stereocenters. The summed E-state index contributed by atoms with van der Waals surface area (Å²) in [5, 5.41) is 11.2. The van der Waals surface area contributed by atoms with Crippen LogP contribution in [-0.2, 0) is 9.59 Å². The molecule has 32 heavy (non-hydrogen) atoms. The van der Waals surface area contributed by atoms with Crippen LogP contribution in [-0.4, -0.2) is 23.9 Å². The molecule has 3 aromatic rings. The predicted molar refractivity (Wildman–Crippen MR) is 115 cm³/mol. The Bertz CT molecular complexity index is 1230. The summed E-state index contributed by atoms with van der Waals surface area (Å²) >= 11 is 0. The third kappa shape index (κ3) is 3.62. The smallest absolute Gasteiger partial charge is 0.300 e. The lowest BCUT2D eigenvalue weighted by Gasteiger charge is -2.25. The molecule has 0 saturated carbocycles. The summed E-state index contributed by atoms with van der Waals surface area (Å²) in [5.41, 5.74) is 1.55. The molecule has 3 aromatic carbocycles. The molecule has 162 valence electrons. The lowest BCUT2D eigenvalue weighted by atomic mass is 9.94. The Balaban J connectivity index is 1.98. The van der Waals surface area contributed by atoms with Gasteiger partial charge in [-0.15, -0.1) is 0 Å². The molecule has 1 aliphatic heterocycles. The number of nitrogens with zero attached hydrogens (tertiary/aromatic N) is 1. The number of anilines is 1. The van der Waals surface area contributed by atoms with E-state index < -0.39 is 35.1 Å². The monoisotopic (exact) mass is 435 g/mol. The SMILES string of the molecule is COc1ccc(C)cc1/C(O)=C1\C(=O)C(=O)N(c2ccc(F)cc2)C1c1ccc(F)cc1. The zero-order valence-electron chi connectivity index (χ0n) is 17.3. The van der Waals surface area contributed by atoms with Crippen molar-refractivity contribution in [2.24, 2.45) is 0 Å². The van der Waals surface area contributed by atoms with Crippen LogP contribution in [0, 0.1) is 18.6 Å². The molecule has 0 radical (unpaired) electrons. The Kier molecular flexibility index (Phi) is 5.48. The van der Waals surface area contributed by atoms with Crippen LogP contribution in [0.5, 0.6) is 5.75 Å². The standard InChI is InChI=1S/C25H19F2NO4/c1-14-3-12-20(32-2)19(13-14)23(29)21-22(15-4-6-16(26)7-5-15)28(25(31)24(21)30)18-10-8-17(27)9-11-18/h3-13,22,29H,1-2H3/b23-21+. The van der Waals surface area contributed by atoms with Crippen molar-refractivity contribution in [3.05, 3.63) is 101 Å². The number of amides is 1. The number of ether oxygens (including phenoxy) is 1. The summed E-state index contributed by atoms with van der Waals surface area (Å²) in [4.78, 5) is 27.3. The summed E-state index contributed by atoms with van der Waals surface area (Å²) < 4.78 is 32.4. The van der Waals surface area contributed by atoms with E-state index in [1.165, 1.54) is 60.5 Å². The van der Waals surface area contributed by atoms with Crippen molar-refractivity contribution in [3.8, 4) is 5.75 Å². The van der Waals surface area contributed by atoms with Gasteiger partial charge in [0.25, 0.3) is 11.7 Å². The van der Waals surface area contributed by atoms with Crippen molar-refractivity contribution in [2.75, 3.05) is 12.0 Å². The van der Waals surface area contributed by atoms with E-state index in [0.717, 1.165) is 5.56 Å². The molecule has 7 heteroatoms. The highest BCUT2D eigenvalue weighted by molar-refractivity contribution is 6.51. The van der Waals surface area contributed by atoms with Crippen molar-refractivity contribution in [1.82, 2.24) is 0 Å². The van der Waals surface area contributed by atoms with Crippen molar-refractivity contribution < 1.29 is 28.2 Å². The number of ketones is 1. The molecule has 1 aliphatic rings. The first-order chi connectivity index (χ1) is 15.3. The van der Waals surface area contributed by atoms with Gasteiger partial charge in [-0.25, -0.2) is 8.78 Å². The maximum absolute atomic E-state index is 13.6. The number of hydrogen-bond acceptors (Lipinski definition) is 4. The Morgan fingerprint density at radius 2 is 1.53 bits per heavy atom. The van der Waals surface area contributed by atoms with Crippen LogP contribution in [0.25, 0.3) is 5.76 Å². The van der Waals surface area contributed by atoms with Gasteiger partial charge in [-0.3, -0.25) is 14.5 Å². The highest BCUT2D eigenvalue weighted by Crippen LogP contribution is 2.43. The molecule has 1 saturated heterocycles. The minimum atomic E-state index is -1.05. The third-order valence-corrected chi connectivity index (χ3v) is 5.35. The van der Waals surface area contributed by atoms with Gasteiger partial charge in [0.1, 0.15) is 23.1 Å². The number of carbonyl (C=O) groups is 2. The Morgan fingerprint density at radius 1 is 0.938 bits per heavy atom. The van der Waals surface area contributed by atoms with Gasteiger partial charge in [0, 0.05) is 5.69 Å². The molecule has 0 bridgehead atoms. The number of aryl methyl sites for hydroxylation is 1. The highest BCUT2D eigenvalue weighted by Gasteiger charge is 2.47. The summed E-state index contributed by atoms with van der Waals surface area (Å²) in [6, 6.07) is 14.4. The van der Waals surface area contributed by atoms with E-state index in [1.54, 1.807) is 18.2 Å². The van der Waals surface area contributed by atoms with Crippen LogP contribution in [0.3, 0.4) is 0 Å². The van der Waals surface area contributed by atoms with E-state index in [2.05, 4.69) is 0 Å². The Morgan fingerprint density at radius 3 is 2.12 bits per heavy atom. The minimum absolute atomic E-state index is 0.171. The zero-order valence-corrected chi connectivity index (χ0v) is 17.3. The maximum Gasteiger partial charge on any atom is 0.300 e. The number of Topliss-reactive ketones (excluding diaryl/α,β-unsaturated/α-hetero) is 1. The maximum atomic E-state index is 13.6. The number of aliphatic hydroxyl groups excluding tert-OH is 1. The first-order valence-corrected chi connectivity index (χ1v) is 9.79. The second-order valence-electron chi connectivity index (χ2n) is 7.40. The Labute approximate surface area is 183 Å². The molecular weight excluding hydrogens is 416 g/mol. The van der Waals surface area contributed by atoms with E-state index in [4.69, 9.17) is 4.74 Å². The van der Waals surface area contributed by atoms with E-state index in [1.807, 2.05) is 6.92 Å². The van der Waals surface area contributed by atoms with Crippen molar-refractivity contribution in [1.29, 1.82) is 0 Å². The number of methoxy groups -OCH3 is 1. The summed E-state index contributed by atoms with van der Waals surface area (Å²) in [6.07, 6.45) is 0. The van der Waals surface area contributed by atoms with Crippen LogP contribution >= 0.6 is 0 Å². The van der Waals surface area contributed by atoms with E-state index in [-0.39, 0.29) is 16.8 Å². The van der Waals surface area contributed by atoms with Gasteiger partial charge in [0.15, 0.2) is 0 Å². The fraction of sp³-hybridized carbons (Fsp3) is 0.120. The number of hydrogen-bond donors (Lipinski definition) is 1. The van der Waals surface area contributed by atoms with Crippen molar-refractivity contribution in [2.45, 2.75) is 13.0 Å². The molecule has 1 N–H and O–H groups in total. The van der Waals surface area contributed by atoms with Crippen LogP contribution in [0.15, 0.2) is 72.3 Å². The van der Waals surface area contributed by atoms with Gasteiger partial charge in [0.2, 0.25) is 0 Å². The zero-order chi connectivity index (χ0) is 23.0. The minimum Gasteiger partial charge on any atom is -0.507 e. The molecule has 4 rings (SSSR count). The molecule has 5 nitrogen and oxygen atoms in total. The average molecular weight is 435 g/mol. The molecule has 1 heterocycles. The van der Waals surface area contributed by atoms with Crippen LogP contribution in [0.2, 0.25) is 0 Å². The molecule has 1 unspecified atom stereocenters. The first kappa shape index (κ1) is 21.2. The average Bonchev–Trinajstić information content (AvgIpc) is 3.05. The first-order valence-electron chi connectivity index (χ1n) is 9.79. The number of benzene rings is 3. The number of halogens is 2. The van der Waals surface area contributed by atoms with Gasteiger partial charge in [-0.1, -0.05) is 23.8 Å². The fourth-order valence-corrected chi connectivity index (χ4v) is 3.81. The van der Waals surface area contributed by atoms with Crippen LogP contribution in [0.1, 0.15) is 22.7 Å². The molecule has 0 spiro atoms. The second-order valence-corrected chi connectivity index (χ2v) is 7.40. The molecule has 1 amide bonds. The third-order valence-electron chi connectivity index (χ3n) is 5.35. The van der Waals surface area contributed by atoms with Gasteiger partial charge in [-0.05, 0) is 61.0 Å². The van der Waals surface area contributed by atoms with E-state index >= 15 is 0 Å². The number of aliphatic hydroxyl groups is 1. The van der Waals surface area contributed by atoms with Gasteiger partial charge in [0.05, 0.1) is 24.3 Å². The largest absolute Gasteiger partial charge is 0.507 e. The Hall–Kier alpha value is -4.00.